The molecule has 0 aliphatic heterocycles. The van der Waals surface area contributed by atoms with Gasteiger partial charge in [0, 0.05) is 18.1 Å². The molecule has 0 bridgehead atoms. The van der Waals surface area contributed by atoms with Crippen molar-refractivity contribution in [2.45, 2.75) is 6.42 Å². The summed E-state index contributed by atoms with van der Waals surface area (Å²) in [6.45, 7) is 0. The number of carbonyl (C=O) groups is 1. The molecule has 0 unspecified atom stereocenters. The van der Waals surface area contributed by atoms with E-state index in [0.29, 0.717) is 12.4 Å². The third-order valence-corrected chi connectivity index (χ3v) is 1.59. The number of hydrogen-bond acceptors (Lipinski definition) is 2. The first-order valence-electron chi connectivity index (χ1n) is 3.93. The molecule has 1 aromatic carbocycles. The molecule has 0 heterocycles. The smallest absolute Gasteiger partial charge is 0.168 e. The Morgan fingerprint density at radius 1 is 1.36 bits per heavy atom. The zero-order valence-electron chi connectivity index (χ0n) is 7.21. The summed E-state index contributed by atoms with van der Waals surface area (Å²) in [7, 11) is 0. The summed E-state index contributed by atoms with van der Waals surface area (Å²) < 4.78 is 25.4. The van der Waals surface area contributed by atoms with Gasteiger partial charge in [-0.15, -0.1) is 0 Å². The summed E-state index contributed by atoms with van der Waals surface area (Å²) in [6, 6.07) is 1.58. The van der Waals surface area contributed by atoms with E-state index in [9.17, 15) is 13.6 Å². The van der Waals surface area contributed by atoms with Crippen LogP contribution in [0.4, 0.5) is 8.78 Å². The average Bonchev–Trinajstić information content (AvgIpc) is 2.13. The molecule has 0 saturated heterocycles. The van der Waals surface area contributed by atoms with Crippen LogP contribution in [-0.2, 0) is 4.79 Å². The number of allylic oxidation sites excluding steroid dienone is 1. The second kappa shape index (κ2) is 4.50. The van der Waals surface area contributed by atoms with E-state index in [-0.39, 0.29) is 12.0 Å². The summed E-state index contributed by atoms with van der Waals surface area (Å²) in [5, 5.41) is 9.14. The van der Waals surface area contributed by atoms with Gasteiger partial charge >= 0.3 is 0 Å². The van der Waals surface area contributed by atoms with Crippen molar-refractivity contribution in [2.24, 2.45) is 0 Å². The Labute approximate surface area is 79.5 Å². The molecule has 2 nitrogen and oxygen atoms in total. The third kappa shape index (κ3) is 2.39. The number of carbonyl (C=O) groups excluding carboxylic acids is 1. The number of rotatable bonds is 3. The van der Waals surface area contributed by atoms with Crippen molar-refractivity contribution >= 4 is 12.4 Å². The van der Waals surface area contributed by atoms with Gasteiger partial charge in [0.25, 0.3) is 0 Å². The summed E-state index contributed by atoms with van der Waals surface area (Å²) in [6.07, 6.45) is 3.47. The lowest BCUT2D eigenvalue weighted by Crippen LogP contribution is -1.84. The Morgan fingerprint density at radius 2 is 2.07 bits per heavy atom. The van der Waals surface area contributed by atoms with Gasteiger partial charge in [0.15, 0.2) is 11.6 Å². The first-order chi connectivity index (χ1) is 6.65. The molecule has 1 N–H and O–H groups in total. The van der Waals surface area contributed by atoms with Crippen molar-refractivity contribution in [3.8, 4) is 5.75 Å². The molecule has 0 radical (unpaired) electrons. The molecule has 74 valence electrons. The number of hydrogen-bond donors (Lipinski definition) is 1. The second-order valence-electron chi connectivity index (χ2n) is 2.63. The Morgan fingerprint density at radius 3 is 2.71 bits per heavy atom. The maximum atomic E-state index is 12.8. The monoisotopic (exact) mass is 198 g/mol. The first kappa shape index (κ1) is 10.4. The topological polar surface area (TPSA) is 37.3 Å². The van der Waals surface area contributed by atoms with Crippen LogP contribution in [0.15, 0.2) is 18.2 Å². The highest BCUT2D eigenvalue weighted by Crippen LogP contribution is 2.23. The number of aldehydes is 1. The maximum Gasteiger partial charge on any atom is 0.168 e. The van der Waals surface area contributed by atoms with Gasteiger partial charge in [-0.2, -0.15) is 0 Å². The first-order valence-corrected chi connectivity index (χ1v) is 3.93. The Bertz CT molecular complexity index is 373. The van der Waals surface area contributed by atoms with E-state index in [2.05, 4.69) is 0 Å². The molecule has 0 aliphatic carbocycles. The molecule has 14 heavy (non-hydrogen) atoms. The van der Waals surface area contributed by atoms with Crippen LogP contribution in [0, 0.1) is 11.6 Å². The van der Waals surface area contributed by atoms with Gasteiger partial charge in [-0.1, -0.05) is 12.2 Å². The van der Waals surface area contributed by atoms with Crippen LogP contribution in [0.1, 0.15) is 12.0 Å². The predicted octanol–water partition coefficient (Wildman–Crippen LogP) is 2.27. The summed E-state index contributed by atoms with van der Waals surface area (Å²) in [5.74, 6) is -2.41. The molecule has 0 spiro atoms. The lowest BCUT2D eigenvalue weighted by Gasteiger charge is -2.00. The van der Waals surface area contributed by atoms with Crippen molar-refractivity contribution in [3.05, 3.63) is 35.4 Å². The molecule has 0 saturated carbocycles. The van der Waals surface area contributed by atoms with E-state index < -0.39 is 17.4 Å². The van der Waals surface area contributed by atoms with Crippen LogP contribution < -0.4 is 0 Å². The number of benzene rings is 1. The van der Waals surface area contributed by atoms with E-state index in [1.54, 1.807) is 0 Å². The molecule has 0 atom stereocenters. The fourth-order valence-electron chi connectivity index (χ4n) is 0.963. The highest BCUT2D eigenvalue weighted by Gasteiger charge is 2.06. The van der Waals surface area contributed by atoms with Crippen molar-refractivity contribution in [1.29, 1.82) is 0 Å². The minimum atomic E-state index is -1.02. The van der Waals surface area contributed by atoms with Crippen LogP contribution >= 0.6 is 0 Å². The quantitative estimate of drug-likeness (QED) is 0.756. The van der Waals surface area contributed by atoms with Gasteiger partial charge in [-0.05, 0) is 6.07 Å². The largest absolute Gasteiger partial charge is 0.504 e. The fourth-order valence-corrected chi connectivity index (χ4v) is 0.963. The third-order valence-electron chi connectivity index (χ3n) is 1.59. The van der Waals surface area contributed by atoms with Crippen molar-refractivity contribution < 1.29 is 18.7 Å². The number of phenolic OH excluding ortho intramolecular Hbond substituents is 1. The van der Waals surface area contributed by atoms with Crippen LogP contribution in [0.2, 0.25) is 0 Å². The van der Waals surface area contributed by atoms with Crippen LogP contribution in [0.25, 0.3) is 6.08 Å². The molecule has 0 amide bonds. The fraction of sp³-hybridized carbons (Fsp3) is 0.100. The zero-order chi connectivity index (χ0) is 10.6. The number of halogens is 2. The van der Waals surface area contributed by atoms with E-state index in [1.165, 1.54) is 12.2 Å². The highest BCUT2D eigenvalue weighted by atomic mass is 19.1. The van der Waals surface area contributed by atoms with Gasteiger partial charge in [0.05, 0.1) is 0 Å². The Hall–Kier alpha value is -1.71. The molecule has 4 heteroatoms. The standard InChI is InChI=1S/C10H8F2O2/c11-8-5-7(3-1-2-4-13)10(14)9(12)6-8/h1,3-6,14H,2H2. The van der Waals surface area contributed by atoms with Crippen molar-refractivity contribution in [3.63, 3.8) is 0 Å². The van der Waals surface area contributed by atoms with E-state index in [1.807, 2.05) is 0 Å². The normalized spacial score (nSPS) is 10.7. The number of aromatic hydroxyl groups is 1. The molecule has 0 aliphatic rings. The van der Waals surface area contributed by atoms with Gasteiger partial charge in [-0.25, -0.2) is 8.78 Å². The van der Waals surface area contributed by atoms with Gasteiger partial charge < -0.3 is 9.90 Å². The Kier molecular flexibility index (Phi) is 3.34. The van der Waals surface area contributed by atoms with Crippen molar-refractivity contribution in [1.82, 2.24) is 0 Å². The SMILES string of the molecule is O=CCC=Cc1cc(F)cc(F)c1O. The van der Waals surface area contributed by atoms with Crippen LogP contribution in [-0.4, -0.2) is 11.4 Å². The molecule has 0 fully saturated rings. The summed E-state index contributed by atoms with van der Waals surface area (Å²) in [5.41, 5.74) is 0.0179. The highest BCUT2D eigenvalue weighted by molar-refractivity contribution is 5.61. The van der Waals surface area contributed by atoms with Crippen LogP contribution in [0.5, 0.6) is 5.75 Å². The molecule has 1 aromatic rings. The average molecular weight is 198 g/mol. The van der Waals surface area contributed by atoms with E-state index >= 15 is 0 Å². The minimum absolute atomic E-state index is 0.0179. The zero-order valence-corrected chi connectivity index (χ0v) is 7.21. The molecule has 1 rings (SSSR count). The van der Waals surface area contributed by atoms with E-state index in [0.717, 1.165) is 6.07 Å². The minimum Gasteiger partial charge on any atom is -0.504 e. The number of phenols is 1. The van der Waals surface area contributed by atoms with Crippen LogP contribution in [0.3, 0.4) is 0 Å². The summed E-state index contributed by atoms with van der Waals surface area (Å²) >= 11 is 0. The second-order valence-corrected chi connectivity index (χ2v) is 2.63. The van der Waals surface area contributed by atoms with Crippen molar-refractivity contribution in [2.75, 3.05) is 0 Å². The van der Waals surface area contributed by atoms with E-state index in [4.69, 9.17) is 5.11 Å². The lowest BCUT2D eigenvalue weighted by atomic mass is 10.1. The predicted molar refractivity (Wildman–Crippen MR) is 47.7 cm³/mol. The van der Waals surface area contributed by atoms with Gasteiger partial charge in [0.2, 0.25) is 0 Å². The van der Waals surface area contributed by atoms with Gasteiger partial charge in [0.1, 0.15) is 12.1 Å². The lowest BCUT2D eigenvalue weighted by molar-refractivity contribution is -0.107. The summed E-state index contributed by atoms with van der Waals surface area (Å²) in [4.78, 5) is 9.95. The molecule has 0 aromatic heterocycles. The Balaban J connectivity index is 3.01. The maximum absolute atomic E-state index is 12.8. The molecular weight excluding hydrogens is 190 g/mol. The van der Waals surface area contributed by atoms with Gasteiger partial charge in [-0.3, -0.25) is 0 Å². The molecular formula is C10H8F2O2.